The lowest BCUT2D eigenvalue weighted by molar-refractivity contribution is 0.0937. The van der Waals surface area contributed by atoms with Crippen LogP contribution in [0.15, 0.2) is 21.6 Å². The van der Waals surface area contributed by atoms with Gasteiger partial charge < -0.3 is 4.74 Å². The number of allylic oxidation sites excluding steroid dienone is 1. The average molecular weight is 377 g/mol. The normalized spacial score (nSPS) is 19.5. The van der Waals surface area contributed by atoms with E-state index in [0.717, 1.165) is 53.4 Å². The number of rotatable bonds is 5. The van der Waals surface area contributed by atoms with Crippen molar-refractivity contribution in [2.75, 3.05) is 12.4 Å². The molecule has 0 saturated carbocycles. The number of hydrogen-bond acceptors (Lipinski definition) is 5. The molecule has 1 atom stereocenters. The first-order chi connectivity index (χ1) is 12.1. The minimum absolute atomic E-state index is 0.139. The van der Waals surface area contributed by atoms with Crippen molar-refractivity contribution in [1.29, 1.82) is 0 Å². The highest BCUT2D eigenvalue weighted by atomic mass is 32.2. The Morgan fingerprint density at radius 1 is 1.40 bits per heavy atom. The van der Waals surface area contributed by atoms with E-state index in [0.29, 0.717) is 6.54 Å². The zero-order valence-corrected chi connectivity index (χ0v) is 16.5. The van der Waals surface area contributed by atoms with Gasteiger partial charge in [0.05, 0.1) is 18.0 Å². The number of aromatic nitrogens is 2. The SMILES string of the molecule is CC(C)=CCSc1nc2sc3c(c2c(=O)n1C[C@H]1CCCO1)CCC3. The molecule has 2 aromatic heterocycles. The van der Waals surface area contributed by atoms with Gasteiger partial charge in [-0.3, -0.25) is 9.36 Å². The van der Waals surface area contributed by atoms with Gasteiger partial charge in [0, 0.05) is 17.2 Å². The van der Waals surface area contributed by atoms with Crippen molar-refractivity contribution in [1.82, 2.24) is 9.55 Å². The summed E-state index contributed by atoms with van der Waals surface area (Å²) in [6.45, 7) is 5.63. The summed E-state index contributed by atoms with van der Waals surface area (Å²) in [5.41, 5.74) is 2.69. The van der Waals surface area contributed by atoms with Gasteiger partial charge >= 0.3 is 0 Å². The molecule has 4 nitrogen and oxygen atoms in total. The van der Waals surface area contributed by atoms with Gasteiger partial charge in [-0.1, -0.05) is 23.4 Å². The minimum Gasteiger partial charge on any atom is -0.376 e. The molecule has 2 aromatic rings. The molecule has 0 bridgehead atoms. The van der Waals surface area contributed by atoms with Crippen LogP contribution in [0.3, 0.4) is 0 Å². The van der Waals surface area contributed by atoms with Crippen LogP contribution in [-0.4, -0.2) is 28.0 Å². The first-order valence-electron chi connectivity index (χ1n) is 9.06. The van der Waals surface area contributed by atoms with Gasteiger partial charge in [-0.2, -0.15) is 0 Å². The zero-order valence-electron chi connectivity index (χ0n) is 14.8. The summed E-state index contributed by atoms with van der Waals surface area (Å²) >= 11 is 3.38. The number of hydrogen-bond donors (Lipinski definition) is 0. The van der Waals surface area contributed by atoms with Gasteiger partial charge in [0.25, 0.3) is 5.56 Å². The Kier molecular flexibility index (Phi) is 5.02. The van der Waals surface area contributed by atoms with E-state index in [9.17, 15) is 4.79 Å². The lowest BCUT2D eigenvalue weighted by Gasteiger charge is -2.15. The van der Waals surface area contributed by atoms with Crippen molar-refractivity contribution >= 4 is 33.3 Å². The van der Waals surface area contributed by atoms with Crippen molar-refractivity contribution < 1.29 is 4.74 Å². The van der Waals surface area contributed by atoms with E-state index in [1.54, 1.807) is 23.1 Å². The Labute approximate surface area is 156 Å². The van der Waals surface area contributed by atoms with Crippen molar-refractivity contribution in [2.24, 2.45) is 0 Å². The molecule has 4 rings (SSSR count). The molecule has 25 heavy (non-hydrogen) atoms. The molecule has 0 radical (unpaired) electrons. The number of ether oxygens (including phenoxy) is 1. The fourth-order valence-electron chi connectivity index (χ4n) is 3.60. The molecule has 0 spiro atoms. The molecule has 1 saturated heterocycles. The van der Waals surface area contributed by atoms with E-state index in [2.05, 4.69) is 19.9 Å². The maximum Gasteiger partial charge on any atom is 0.263 e. The van der Waals surface area contributed by atoms with Crippen molar-refractivity contribution in [3.05, 3.63) is 32.4 Å². The molecule has 1 aliphatic carbocycles. The lowest BCUT2D eigenvalue weighted by Crippen LogP contribution is -2.28. The monoisotopic (exact) mass is 376 g/mol. The summed E-state index contributed by atoms with van der Waals surface area (Å²) < 4.78 is 7.67. The van der Waals surface area contributed by atoms with E-state index in [1.165, 1.54) is 22.4 Å². The fourth-order valence-corrected chi connectivity index (χ4v) is 5.95. The van der Waals surface area contributed by atoms with Gasteiger partial charge in [0.1, 0.15) is 4.83 Å². The van der Waals surface area contributed by atoms with Crippen molar-refractivity contribution in [3.63, 3.8) is 0 Å². The third-order valence-electron chi connectivity index (χ3n) is 4.90. The van der Waals surface area contributed by atoms with Crippen LogP contribution in [0.1, 0.15) is 43.6 Å². The molecule has 6 heteroatoms. The molecule has 2 aliphatic rings. The van der Waals surface area contributed by atoms with E-state index < -0.39 is 0 Å². The smallest absolute Gasteiger partial charge is 0.263 e. The van der Waals surface area contributed by atoms with Crippen LogP contribution in [0.2, 0.25) is 0 Å². The van der Waals surface area contributed by atoms with Crippen LogP contribution < -0.4 is 5.56 Å². The van der Waals surface area contributed by atoms with Crippen molar-refractivity contribution in [3.8, 4) is 0 Å². The Balaban J connectivity index is 1.77. The van der Waals surface area contributed by atoms with Gasteiger partial charge in [-0.05, 0) is 51.5 Å². The fraction of sp³-hybridized carbons (Fsp3) is 0.579. The first-order valence-corrected chi connectivity index (χ1v) is 10.9. The zero-order chi connectivity index (χ0) is 17.4. The Morgan fingerprint density at radius 2 is 2.28 bits per heavy atom. The summed E-state index contributed by atoms with van der Waals surface area (Å²) in [6.07, 6.45) is 7.74. The third-order valence-corrected chi connectivity index (χ3v) is 6.99. The Bertz CT molecular complexity index is 872. The van der Waals surface area contributed by atoms with Crippen LogP contribution in [0, 0.1) is 0 Å². The summed E-state index contributed by atoms with van der Waals surface area (Å²) in [6, 6.07) is 0. The van der Waals surface area contributed by atoms with Crippen molar-refractivity contribution in [2.45, 2.75) is 63.8 Å². The van der Waals surface area contributed by atoms with E-state index in [4.69, 9.17) is 9.72 Å². The van der Waals surface area contributed by atoms with Crippen LogP contribution in [-0.2, 0) is 24.1 Å². The Morgan fingerprint density at radius 3 is 3.04 bits per heavy atom. The predicted molar refractivity (Wildman–Crippen MR) is 105 cm³/mol. The highest BCUT2D eigenvalue weighted by molar-refractivity contribution is 7.99. The molecule has 0 N–H and O–H groups in total. The summed E-state index contributed by atoms with van der Waals surface area (Å²) in [5.74, 6) is 0.844. The number of nitrogens with zero attached hydrogens (tertiary/aromatic N) is 2. The summed E-state index contributed by atoms with van der Waals surface area (Å²) in [7, 11) is 0. The molecule has 134 valence electrons. The minimum atomic E-state index is 0.139. The van der Waals surface area contributed by atoms with E-state index >= 15 is 0 Å². The lowest BCUT2D eigenvalue weighted by atomic mass is 10.2. The molecule has 1 fully saturated rings. The standard InChI is InChI=1S/C19H24N2O2S2/c1-12(2)8-10-24-19-20-17-16(14-6-3-7-15(14)25-17)18(22)21(19)11-13-5-4-9-23-13/h8,13H,3-7,9-11H2,1-2H3/t13-/m1/s1. The quantitative estimate of drug-likeness (QED) is 0.446. The van der Waals surface area contributed by atoms with Crippen LogP contribution >= 0.6 is 23.1 Å². The number of fused-ring (bicyclic) bond motifs is 3. The molecule has 0 unspecified atom stereocenters. The molecular weight excluding hydrogens is 352 g/mol. The second-order valence-electron chi connectivity index (χ2n) is 7.08. The topological polar surface area (TPSA) is 44.1 Å². The first kappa shape index (κ1) is 17.3. The average Bonchev–Trinajstić information content (AvgIpc) is 3.27. The molecule has 0 aromatic carbocycles. The second-order valence-corrected chi connectivity index (χ2v) is 9.15. The summed E-state index contributed by atoms with van der Waals surface area (Å²) in [4.78, 5) is 20.5. The number of thiophene rings is 1. The van der Waals surface area contributed by atoms with Gasteiger partial charge in [0.2, 0.25) is 0 Å². The van der Waals surface area contributed by atoms with Gasteiger partial charge in [-0.25, -0.2) is 4.98 Å². The highest BCUT2D eigenvalue weighted by Gasteiger charge is 2.25. The molecular formula is C19H24N2O2S2. The summed E-state index contributed by atoms with van der Waals surface area (Å²) in [5, 5.41) is 1.72. The van der Waals surface area contributed by atoms with Gasteiger partial charge in [0.15, 0.2) is 5.16 Å². The maximum absolute atomic E-state index is 13.3. The Hall–Kier alpha value is -1.11. The highest BCUT2D eigenvalue weighted by Crippen LogP contribution is 2.35. The molecule has 3 heterocycles. The van der Waals surface area contributed by atoms with Crippen LogP contribution in [0.25, 0.3) is 10.2 Å². The molecule has 1 aliphatic heterocycles. The second kappa shape index (κ2) is 7.25. The molecule has 0 amide bonds. The largest absolute Gasteiger partial charge is 0.376 e. The van der Waals surface area contributed by atoms with Gasteiger partial charge in [-0.15, -0.1) is 11.3 Å². The van der Waals surface area contributed by atoms with Crippen LogP contribution in [0.5, 0.6) is 0 Å². The van der Waals surface area contributed by atoms with E-state index in [-0.39, 0.29) is 11.7 Å². The predicted octanol–water partition coefficient (Wildman–Crippen LogP) is 4.18. The van der Waals surface area contributed by atoms with Crippen LogP contribution in [0.4, 0.5) is 0 Å². The van der Waals surface area contributed by atoms with E-state index in [1.807, 2.05) is 4.57 Å². The maximum atomic E-state index is 13.3. The number of aryl methyl sites for hydroxylation is 2. The number of thioether (sulfide) groups is 1. The third kappa shape index (κ3) is 3.44.